The molecule has 0 unspecified atom stereocenters. The molecule has 0 fully saturated rings. The number of esters is 1. The van der Waals surface area contributed by atoms with Crippen molar-refractivity contribution in [3.05, 3.63) is 107 Å². The minimum absolute atomic E-state index is 0.0944. The lowest BCUT2D eigenvalue weighted by molar-refractivity contribution is -0.147. The normalized spacial score (nSPS) is 12.7. The lowest BCUT2D eigenvalue weighted by Crippen LogP contribution is -2.45. The predicted molar refractivity (Wildman–Crippen MR) is 159 cm³/mol. The molecule has 1 amide bonds. The quantitative estimate of drug-likeness (QED) is 0.241. The Morgan fingerprint density at radius 3 is 2.12 bits per heavy atom. The SMILES string of the molecule is CC(C)(C)OC(=O)N[C@@H](Cc1cn(Cc2ccc(C(C)(C)C)cc2)c2ccccc12)C(=O)OCc1ccccc1. The van der Waals surface area contributed by atoms with Gasteiger partial charge in [0.25, 0.3) is 0 Å². The highest BCUT2D eigenvalue weighted by Gasteiger charge is 2.27. The third kappa shape index (κ3) is 7.75. The van der Waals surface area contributed by atoms with Crippen molar-refractivity contribution in [1.82, 2.24) is 9.88 Å². The molecular weight excluding hydrogens is 500 g/mol. The van der Waals surface area contributed by atoms with Crippen molar-refractivity contribution in [2.75, 3.05) is 0 Å². The molecule has 0 aliphatic carbocycles. The van der Waals surface area contributed by atoms with Crippen LogP contribution in [0.15, 0.2) is 85.1 Å². The van der Waals surface area contributed by atoms with Crippen LogP contribution in [0.2, 0.25) is 0 Å². The van der Waals surface area contributed by atoms with Crippen molar-refractivity contribution in [2.24, 2.45) is 0 Å². The number of nitrogens with one attached hydrogen (secondary N) is 1. The summed E-state index contributed by atoms with van der Waals surface area (Å²) in [6.07, 6.45) is 1.68. The van der Waals surface area contributed by atoms with Gasteiger partial charge in [0.1, 0.15) is 18.2 Å². The third-order valence-electron chi connectivity index (χ3n) is 6.67. The van der Waals surface area contributed by atoms with E-state index >= 15 is 0 Å². The molecule has 6 heteroatoms. The number of fused-ring (bicyclic) bond motifs is 1. The molecule has 0 bridgehead atoms. The average molecular weight is 541 g/mol. The van der Waals surface area contributed by atoms with E-state index in [9.17, 15) is 9.59 Å². The van der Waals surface area contributed by atoms with Crippen molar-refractivity contribution in [1.29, 1.82) is 0 Å². The average Bonchev–Trinajstić information content (AvgIpc) is 3.23. The number of rotatable bonds is 8. The fourth-order valence-electron chi connectivity index (χ4n) is 4.62. The first kappa shape index (κ1) is 28.9. The number of amides is 1. The number of aromatic nitrogens is 1. The van der Waals surface area contributed by atoms with Gasteiger partial charge in [0, 0.05) is 30.1 Å². The van der Waals surface area contributed by atoms with Crippen molar-refractivity contribution in [3.8, 4) is 0 Å². The topological polar surface area (TPSA) is 69.6 Å². The van der Waals surface area contributed by atoms with E-state index in [2.05, 4.69) is 67.2 Å². The second-order valence-electron chi connectivity index (χ2n) is 12.2. The summed E-state index contributed by atoms with van der Waals surface area (Å²) in [5, 5.41) is 3.79. The molecule has 1 atom stereocenters. The van der Waals surface area contributed by atoms with E-state index in [1.54, 1.807) is 20.8 Å². The summed E-state index contributed by atoms with van der Waals surface area (Å²) >= 11 is 0. The molecule has 0 aliphatic heterocycles. The zero-order valence-corrected chi connectivity index (χ0v) is 24.4. The minimum atomic E-state index is -0.913. The third-order valence-corrected chi connectivity index (χ3v) is 6.67. The largest absolute Gasteiger partial charge is 0.459 e. The van der Waals surface area contributed by atoms with Crippen LogP contribution in [0.5, 0.6) is 0 Å². The number of hydrogen-bond donors (Lipinski definition) is 1. The van der Waals surface area contributed by atoms with Crippen LogP contribution in [0.25, 0.3) is 10.9 Å². The molecule has 0 aliphatic rings. The van der Waals surface area contributed by atoms with E-state index in [0.717, 1.165) is 22.0 Å². The number of alkyl carbamates (subject to hydrolysis) is 1. The highest BCUT2D eigenvalue weighted by Crippen LogP contribution is 2.26. The van der Waals surface area contributed by atoms with Crippen molar-refractivity contribution in [2.45, 2.75) is 78.2 Å². The molecule has 1 N–H and O–H groups in total. The Bertz CT molecular complexity index is 1440. The highest BCUT2D eigenvalue weighted by molar-refractivity contribution is 5.86. The second kappa shape index (κ2) is 12.0. The summed E-state index contributed by atoms with van der Waals surface area (Å²) in [6, 6.07) is 25.4. The van der Waals surface area contributed by atoms with Crippen molar-refractivity contribution >= 4 is 23.0 Å². The first-order valence-corrected chi connectivity index (χ1v) is 13.8. The Morgan fingerprint density at radius 2 is 1.48 bits per heavy atom. The van der Waals surface area contributed by atoms with Crippen LogP contribution >= 0.6 is 0 Å². The number of benzene rings is 3. The molecule has 4 aromatic rings. The number of ether oxygens (including phenoxy) is 2. The molecule has 4 rings (SSSR count). The molecule has 0 radical (unpaired) electrons. The van der Waals surface area contributed by atoms with E-state index in [-0.39, 0.29) is 18.4 Å². The summed E-state index contributed by atoms with van der Waals surface area (Å²) in [4.78, 5) is 26.0. The molecule has 3 aromatic carbocycles. The fraction of sp³-hybridized carbons (Fsp3) is 0.353. The van der Waals surface area contributed by atoms with Gasteiger partial charge in [-0.15, -0.1) is 0 Å². The van der Waals surface area contributed by atoms with Crippen molar-refractivity contribution in [3.63, 3.8) is 0 Å². The van der Waals surface area contributed by atoms with Gasteiger partial charge in [-0.1, -0.05) is 93.6 Å². The van der Waals surface area contributed by atoms with Gasteiger partial charge in [-0.25, -0.2) is 9.59 Å². The maximum Gasteiger partial charge on any atom is 0.408 e. The molecule has 0 saturated carbocycles. The maximum absolute atomic E-state index is 13.3. The van der Waals surface area contributed by atoms with Gasteiger partial charge in [0.2, 0.25) is 0 Å². The zero-order valence-electron chi connectivity index (χ0n) is 24.4. The molecule has 0 saturated heterocycles. The van der Waals surface area contributed by atoms with Crippen LogP contribution in [0.1, 0.15) is 63.8 Å². The lowest BCUT2D eigenvalue weighted by Gasteiger charge is -2.23. The summed E-state index contributed by atoms with van der Waals surface area (Å²) in [6.45, 7) is 12.8. The van der Waals surface area contributed by atoms with E-state index in [1.807, 2.05) is 48.5 Å². The van der Waals surface area contributed by atoms with Crippen LogP contribution < -0.4 is 5.32 Å². The molecular formula is C34H40N2O4. The molecule has 6 nitrogen and oxygen atoms in total. The smallest absolute Gasteiger partial charge is 0.408 e. The molecule has 1 heterocycles. The number of para-hydroxylation sites is 1. The Hall–Kier alpha value is -4.06. The minimum Gasteiger partial charge on any atom is -0.459 e. The molecule has 40 heavy (non-hydrogen) atoms. The number of carbonyl (C=O) groups excluding carboxylic acids is 2. The van der Waals surface area contributed by atoms with Gasteiger partial charge >= 0.3 is 12.1 Å². The van der Waals surface area contributed by atoms with Gasteiger partial charge in [-0.2, -0.15) is 0 Å². The summed E-state index contributed by atoms with van der Waals surface area (Å²) in [7, 11) is 0. The van der Waals surface area contributed by atoms with Crippen LogP contribution in [-0.2, 0) is 39.3 Å². The van der Waals surface area contributed by atoms with Gasteiger partial charge in [0.15, 0.2) is 0 Å². The van der Waals surface area contributed by atoms with Crippen LogP contribution in [0.4, 0.5) is 4.79 Å². The lowest BCUT2D eigenvalue weighted by atomic mass is 9.87. The van der Waals surface area contributed by atoms with Crippen LogP contribution in [0.3, 0.4) is 0 Å². The Morgan fingerprint density at radius 1 is 0.825 bits per heavy atom. The van der Waals surface area contributed by atoms with E-state index < -0.39 is 23.7 Å². The number of carbonyl (C=O) groups is 2. The molecule has 0 spiro atoms. The van der Waals surface area contributed by atoms with E-state index in [4.69, 9.17) is 9.47 Å². The Balaban J connectivity index is 1.59. The van der Waals surface area contributed by atoms with Crippen molar-refractivity contribution < 1.29 is 19.1 Å². The summed E-state index contributed by atoms with van der Waals surface area (Å²) < 4.78 is 13.3. The number of hydrogen-bond acceptors (Lipinski definition) is 4. The molecule has 210 valence electrons. The first-order chi connectivity index (χ1) is 18.9. The highest BCUT2D eigenvalue weighted by atomic mass is 16.6. The summed E-state index contributed by atoms with van der Waals surface area (Å²) in [5.41, 5.74) is 4.76. The van der Waals surface area contributed by atoms with E-state index in [1.165, 1.54) is 11.1 Å². The number of nitrogens with zero attached hydrogens (tertiary/aromatic N) is 1. The Kier molecular flexibility index (Phi) is 8.67. The standard InChI is InChI=1S/C34H40N2O4/c1-33(2,3)27-18-16-24(17-19-27)21-36-22-26(28-14-10-11-15-30(28)36)20-29(35-32(38)40-34(4,5)6)31(37)39-23-25-12-8-7-9-13-25/h7-19,22,29H,20-21,23H2,1-6H3,(H,35,38)/t29-/m0/s1. The monoisotopic (exact) mass is 540 g/mol. The van der Waals surface area contributed by atoms with Gasteiger partial charge in [0.05, 0.1) is 0 Å². The second-order valence-corrected chi connectivity index (χ2v) is 12.2. The maximum atomic E-state index is 13.3. The predicted octanol–water partition coefficient (Wildman–Crippen LogP) is 7.17. The Labute approximate surface area is 237 Å². The van der Waals surface area contributed by atoms with Crippen LogP contribution in [-0.4, -0.2) is 28.3 Å². The van der Waals surface area contributed by atoms with Gasteiger partial charge in [-0.3, -0.25) is 0 Å². The molecule has 1 aromatic heterocycles. The summed E-state index contributed by atoms with van der Waals surface area (Å²) in [5.74, 6) is -0.510. The first-order valence-electron chi connectivity index (χ1n) is 13.8. The van der Waals surface area contributed by atoms with Gasteiger partial charge < -0.3 is 19.4 Å². The fourth-order valence-corrected chi connectivity index (χ4v) is 4.62. The zero-order chi connectivity index (χ0) is 28.9. The van der Waals surface area contributed by atoms with Crippen LogP contribution in [0, 0.1) is 0 Å². The van der Waals surface area contributed by atoms with Gasteiger partial charge in [-0.05, 0) is 54.5 Å². The van der Waals surface area contributed by atoms with E-state index in [0.29, 0.717) is 6.54 Å².